The van der Waals surface area contributed by atoms with Crippen molar-refractivity contribution in [2.24, 2.45) is 5.10 Å². The molecular weight excluding hydrogens is 354 g/mol. The number of rotatable bonds is 9. The first-order chi connectivity index (χ1) is 13.7. The predicted octanol–water partition coefficient (Wildman–Crippen LogP) is 4.51. The number of H-pyrrole nitrogens is 1. The maximum atomic E-state index is 12.4. The fraction of sp³-hybridized carbons (Fsp3) is 0.273. The summed E-state index contributed by atoms with van der Waals surface area (Å²) in [6.07, 6.45) is 5.34. The molecule has 1 aromatic heterocycles. The third-order valence-corrected chi connectivity index (χ3v) is 4.24. The molecule has 28 heavy (non-hydrogen) atoms. The van der Waals surface area contributed by atoms with E-state index in [1.54, 1.807) is 12.4 Å². The molecule has 2 aromatic carbocycles. The van der Waals surface area contributed by atoms with Crippen molar-refractivity contribution < 1.29 is 14.3 Å². The van der Waals surface area contributed by atoms with Gasteiger partial charge < -0.3 is 14.5 Å². The Hall–Kier alpha value is -3.28. The Bertz CT molecular complexity index is 963. The van der Waals surface area contributed by atoms with Gasteiger partial charge in [0.05, 0.1) is 25.0 Å². The fourth-order valence-electron chi connectivity index (χ4n) is 2.80. The lowest BCUT2D eigenvalue weighted by Gasteiger charge is -2.12. The summed E-state index contributed by atoms with van der Waals surface area (Å²) in [7, 11) is 0. The molecule has 0 aliphatic carbocycles. The molecule has 0 fully saturated rings. The van der Waals surface area contributed by atoms with Crippen molar-refractivity contribution in [1.29, 1.82) is 0 Å². The first kappa shape index (κ1) is 19.5. The van der Waals surface area contributed by atoms with Crippen molar-refractivity contribution in [2.45, 2.75) is 26.7 Å². The Morgan fingerprint density at radius 2 is 2.00 bits per heavy atom. The van der Waals surface area contributed by atoms with Crippen LogP contribution in [-0.4, -0.2) is 30.3 Å². The standard InChI is InChI=1S/C22H25N3O3/c1-3-5-12-28-20-11-10-16(13-21(20)27-4-2)14-24-25-22(26)18-15-23-19-9-7-6-8-17(18)19/h6-11,13-15,23H,3-5,12H2,1-2H3,(H,25,26)/b24-14+. The van der Waals surface area contributed by atoms with Gasteiger partial charge in [-0.25, -0.2) is 5.43 Å². The first-order valence-electron chi connectivity index (χ1n) is 9.52. The van der Waals surface area contributed by atoms with E-state index in [-0.39, 0.29) is 5.91 Å². The number of fused-ring (bicyclic) bond motifs is 1. The minimum atomic E-state index is -0.266. The second-order valence-electron chi connectivity index (χ2n) is 6.29. The predicted molar refractivity (Wildman–Crippen MR) is 111 cm³/mol. The van der Waals surface area contributed by atoms with E-state index in [4.69, 9.17) is 9.47 Å². The number of hydrazone groups is 1. The lowest BCUT2D eigenvalue weighted by atomic mass is 10.2. The van der Waals surface area contributed by atoms with Crippen molar-refractivity contribution in [3.05, 3.63) is 59.8 Å². The molecule has 2 N–H and O–H groups in total. The van der Waals surface area contributed by atoms with E-state index in [0.717, 1.165) is 35.1 Å². The number of nitrogens with zero attached hydrogens (tertiary/aromatic N) is 1. The Kier molecular flexibility index (Phi) is 6.68. The van der Waals surface area contributed by atoms with Crippen LogP contribution in [0.4, 0.5) is 0 Å². The quantitative estimate of drug-likeness (QED) is 0.326. The van der Waals surface area contributed by atoms with Crippen LogP contribution in [0.3, 0.4) is 0 Å². The van der Waals surface area contributed by atoms with E-state index >= 15 is 0 Å². The molecule has 3 rings (SSSR count). The molecule has 1 amide bonds. The number of carbonyl (C=O) groups excluding carboxylic acids is 1. The number of carbonyl (C=O) groups is 1. The number of nitrogens with one attached hydrogen (secondary N) is 2. The van der Waals surface area contributed by atoms with E-state index in [0.29, 0.717) is 24.5 Å². The van der Waals surface area contributed by atoms with Gasteiger partial charge in [-0.05, 0) is 43.2 Å². The molecule has 1 heterocycles. The molecular formula is C22H25N3O3. The molecule has 0 aliphatic rings. The molecule has 0 bridgehead atoms. The van der Waals surface area contributed by atoms with E-state index in [9.17, 15) is 4.79 Å². The molecule has 0 aliphatic heterocycles. The van der Waals surface area contributed by atoms with Crippen LogP contribution in [0.5, 0.6) is 11.5 Å². The van der Waals surface area contributed by atoms with Crippen LogP contribution in [0, 0.1) is 0 Å². The van der Waals surface area contributed by atoms with Crippen molar-refractivity contribution in [3.63, 3.8) is 0 Å². The van der Waals surface area contributed by atoms with Crippen LogP contribution in [0.1, 0.15) is 42.6 Å². The smallest absolute Gasteiger partial charge is 0.273 e. The number of hydrogen-bond donors (Lipinski definition) is 2. The second-order valence-corrected chi connectivity index (χ2v) is 6.29. The SMILES string of the molecule is CCCCOc1ccc(/C=N/NC(=O)c2c[nH]c3ccccc23)cc1OCC. The fourth-order valence-corrected chi connectivity index (χ4v) is 2.80. The van der Waals surface area contributed by atoms with Crippen LogP contribution in [0.15, 0.2) is 53.8 Å². The van der Waals surface area contributed by atoms with E-state index in [1.165, 1.54) is 0 Å². The summed E-state index contributed by atoms with van der Waals surface area (Å²) in [6, 6.07) is 13.2. The van der Waals surface area contributed by atoms with Crippen LogP contribution in [0.25, 0.3) is 10.9 Å². The molecule has 0 saturated heterocycles. The number of benzene rings is 2. The van der Waals surface area contributed by atoms with Gasteiger partial charge in [0, 0.05) is 17.1 Å². The molecule has 6 nitrogen and oxygen atoms in total. The number of amides is 1. The van der Waals surface area contributed by atoms with E-state index in [1.807, 2.05) is 49.4 Å². The minimum Gasteiger partial charge on any atom is -0.490 e. The summed E-state index contributed by atoms with van der Waals surface area (Å²) in [6.45, 7) is 5.25. The van der Waals surface area contributed by atoms with Crippen molar-refractivity contribution in [3.8, 4) is 11.5 Å². The second kappa shape index (κ2) is 9.60. The average Bonchev–Trinajstić information content (AvgIpc) is 3.14. The number of ether oxygens (including phenoxy) is 2. The Labute approximate surface area is 164 Å². The van der Waals surface area contributed by atoms with Crippen molar-refractivity contribution >= 4 is 23.0 Å². The van der Waals surface area contributed by atoms with Crippen LogP contribution in [0.2, 0.25) is 0 Å². The lowest BCUT2D eigenvalue weighted by Crippen LogP contribution is -2.17. The van der Waals surface area contributed by atoms with Gasteiger partial charge in [-0.3, -0.25) is 4.79 Å². The maximum Gasteiger partial charge on any atom is 0.273 e. The zero-order valence-corrected chi connectivity index (χ0v) is 16.2. The van der Waals surface area contributed by atoms with E-state index < -0.39 is 0 Å². The average molecular weight is 379 g/mol. The number of unbranched alkanes of at least 4 members (excludes halogenated alkanes) is 1. The third-order valence-electron chi connectivity index (χ3n) is 4.24. The molecule has 0 radical (unpaired) electrons. The highest BCUT2D eigenvalue weighted by atomic mass is 16.5. The van der Waals surface area contributed by atoms with Crippen LogP contribution < -0.4 is 14.9 Å². The summed E-state index contributed by atoms with van der Waals surface area (Å²) in [5, 5.41) is 4.94. The minimum absolute atomic E-state index is 0.266. The highest BCUT2D eigenvalue weighted by molar-refractivity contribution is 6.06. The lowest BCUT2D eigenvalue weighted by molar-refractivity contribution is 0.0957. The molecule has 0 atom stereocenters. The molecule has 146 valence electrons. The van der Waals surface area contributed by atoms with Gasteiger partial charge >= 0.3 is 0 Å². The molecule has 0 unspecified atom stereocenters. The number of aromatic amines is 1. The summed E-state index contributed by atoms with van der Waals surface area (Å²) in [5.41, 5.74) is 4.85. The van der Waals surface area contributed by atoms with Gasteiger partial charge in [0.2, 0.25) is 0 Å². The van der Waals surface area contributed by atoms with Crippen LogP contribution in [-0.2, 0) is 0 Å². The zero-order chi connectivity index (χ0) is 19.8. The first-order valence-corrected chi connectivity index (χ1v) is 9.52. The van der Waals surface area contributed by atoms with Gasteiger partial charge in [0.15, 0.2) is 11.5 Å². The highest BCUT2D eigenvalue weighted by Gasteiger charge is 2.10. The Morgan fingerprint density at radius 3 is 2.82 bits per heavy atom. The molecule has 0 spiro atoms. The van der Waals surface area contributed by atoms with Gasteiger partial charge in [0.1, 0.15) is 0 Å². The van der Waals surface area contributed by atoms with Crippen molar-refractivity contribution in [2.75, 3.05) is 13.2 Å². The van der Waals surface area contributed by atoms with Gasteiger partial charge in [-0.2, -0.15) is 5.10 Å². The molecule has 0 saturated carbocycles. The number of aromatic nitrogens is 1. The largest absolute Gasteiger partial charge is 0.490 e. The van der Waals surface area contributed by atoms with Gasteiger partial charge in [-0.15, -0.1) is 0 Å². The third kappa shape index (κ3) is 4.71. The summed E-state index contributed by atoms with van der Waals surface area (Å²) >= 11 is 0. The zero-order valence-electron chi connectivity index (χ0n) is 16.2. The number of hydrogen-bond acceptors (Lipinski definition) is 4. The summed E-state index contributed by atoms with van der Waals surface area (Å²) in [4.78, 5) is 15.5. The summed E-state index contributed by atoms with van der Waals surface area (Å²) < 4.78 is 11.4. The summed E-state index contributed by atoms with van der Waals surface area (Å²) in [5.74, 6) is 1.12. The Balaban J connectivity index is 1.67. The van der Waals surface area contributed by atoms with Gasteiger partial charge in [-0.1, -0.05) is 31.5 Å². The molecule has 6 heteroatoms. The van der Waals surface area contributed by atoms with Gasteiger partial charge in [0.25, 0.3) is 5.91 Å². The monoisotopic (exact) mass is 379 g/mol. The highest BCUT2D eigenvalue weighted by Crippen LogP contribution is 2.28. The van der Waals surface area contributed by atoms with Crippen molar-refractivity contribution in [1.82, 2.24) is 10.4 Å². The number of para-hydroxylation sites is 1. The maximum absolute atomic E-state index is 12.4. The topological polar surface area (TPSA) is 75.7 Å². The Morgan fingerprint density at radius 1 is 1.14 bits per heavy atom. The van der Waals surface area contributed by atoms with Crippen LogP contribution >= 0.6 is 0 Å². The molecule has 3 aromatic rings. The normalized spacial score (nSPS) is 11.1. The van der Waals surface area contributed by atoms with E-state index in [2.05, 4.69) is 22.4 Å².